The predicted molar refractivity (Wildman–Crippen MR) is 141 cm³/mol. The van der Waals surface area contributed by atoms with Gasteiger partial charge < -0.3 is 30.5 Å². The number of ether oxygens (including phenoxy) is 1. The molecular weight excluding hydrogens is 561 g/mol. The van der Waals surface area contributed by atoms with E-state index in [9.17, 15) is 37.4 Å². The van der Waals surface area contributed by atoms with Crippen LogP contribution in [0.4, 0.5) is 4.39 Å². The van der Waals surface area contributed by atoms with Crippen LogP contribution in [-0.2, 0) is 29.1 Å². The van der Waals surface area contributed by atoms with Crippen molar-refractivity contribution < 1.29 is 42.1 Å². The van der Waals surface area contributed by atoms with Gasteiger partial charge in [-0.3, -0.25) is 19.3 Å². The van der Waals surface area contributed by atoms with E-state index in [4.69, 9.17) is 4.74 Å². The van der Waals surface area contributed by atoms with Crippen LogP contribution in [0.2, 0.25) is 0 Å². The van der Waals surface area contributed by atoms with Gasteiger partial charge in [0.15, 0.2) is 0 Å². The van der Waals surface area contributed by atoms with Gasteiger partial charge >= 0.3 is 0 Å². The summed E-state index contributed by atoms with van der Waals surface area (Å²) in [5, 5.41) is 26.5. The van der Waals surface area contributed by atoms with E-state index in [0.717, 1.165) is 22.9 Å². The number of amides is 3. The average Bonchev–Trinajstić information content (AvgIpc) is 3.45. The lowest BCUT2D eigenvalue weighted by Crippen LogP contribution is -2.63. The van der Waals surface area contributed by atoms with Crippen LogP contribution in [0.25, 0.3) is 0 Å². The van der Waals surface area contributed by atoms with Gasteiger partial charge in [-0.05, 0) is 37.6 Å². The highest BCUT2D eigenvalue weighted by atomic mass is 32.2. The standard InChI is InChI=1S/C26H36FN5O8S/c1-2-6-30-13-16-10-18(30)26(37)31-7-8-32(41(38,39)17-5-3-4-15(27)9-17)19(14-31)25(36)28-12-21-24(35)23(34)20(40-21)11-22(33)29-16/h3-5,9,16,18-21,23-24,34-35H,2,6-8,10-14H2,1H3,(H,28,36)(H,29,33)/t16-,18-,19-,20-,21+,23-,24+/m0/s1. The molecule has 0 aromatic heterocycles. The number of carbonyl (C=O) groups excluding carboxylic acids is 3. The number of sulfonamides is 1. The molecule has 7 atom stereocenters. The lowest BCUT2D eigenvalue weighted by Gasteiger charge is -2.41. The Labute approximate surface area is 237 Å². The molecule has 0 spiro atoms. The van der Waals surface area contributed by atoms with Gasteiger partial charge in [0.25, 0.3) is 0 Å². The second-order valence-electron chi connectivity index (χ2n) is 11.0. The Kier molecular flexibility index (Phi) is 8.64. The van der Waals surface area contributed by atoms with Crippen LogP contribution < -0.4 is 10.6 Å². The van der Waals surface area contributed by atoms with Crippen molar-refractivity contribution >= 4 is 27.7 Å². The first kappa shape index (κ1) is 29.8. The minimum atomic E-state index is -4.33. The largest absolute Gasteiger partial charge is 0.388 e. The van der Waals surface area contributed by atoms with E-state index < -0.39 is 58.2 Å². The Morgan fingerprint density at radius 3 is 2.56 bits per heavy atom. The van der Waals surface area contributed by atoms with Crippen LogP contribution in [0.3, 0.4) is 0 Å². The second kappa shape index (κ2) is 11.9. The molecule has 4 aliphatic heterocycles. The van der Waals surface area contributed by atoms with E-state index in [1.165, 1.54) is 17.0 Å². The number of aliphatic hydroxyl groups excluding tert-OH is 2. The molecule has 1 aromatic carbocycles. The summed E-state index contributed by atoms with van der Waals surface area (Å²) >= 11 is 0. The van der Waals surface area contributed by atoms with Crippen LogP contribution in [0.15, 0.2) is 29.2 Å². The smallest absolute Gasteiger partial charge is 0.244 e. The van der Waals surface area contributed by atoms with E-state index in [1.807, 2.05) is 11.8 Å². The molecule has 6 bridgehead atoms. The fourth-order valence-electron chi connectivity index (χ4n) is 6.19. The molecule has 41 heavy (non-hydrogen) atoms. The average molecular weight is 598 g/mol. The van der Waals surface area contributed by atoms with Gasteiger partial charge in [0.05, 0.1) is 23.5 Å². The van der Waals surface area contributed by atoms with Crippen molar-refractivity contribution in [3.8, 4) is 0 Å². The molecule has 4 saturated heterocycles. The highest BCUT2D eigenvalue weighted by molar-refractivity contribution is 7.89. The van der Waals surface area contributed by atoms with Crippen molar-refractivity contribution in [3.05, 3.63) is 30.1 Å². The van der Waals surface area contributed by atoms with Crippen LogP contribution >= 0.6 is 0 Å². The van der Waals surface area contributed by atoms with Gasteiger partial charge in [0, 0.05) is 38.8 Å². The van der Waals surface area contributed by atoms with Crippen LogP contribution in [-0.4, -0.2) is 132 Å². The molecule has 3 amide bonds. The van der Waals surface area contributed by atoms with Gasteiger partial charge in [-0.2, -0.15) is 4.31 Å². The second-order valence-corrected chi connectivity index (χ2v) is 12.9. The van der Waals surface area contributed by atoms with Crippen molar-refractivity contribution in [2.24, 2.45) is 0 Å². The van der Waals surface area contributed by atoms with Gasteiger partial charge in [-0.25, -0.2) is 12.8 Å². The SMILES string of the molecule is CCCN1C[C@@H]2C[C@H]1C(=O)N1CCN(S(=O)(=O)c3cccc(F)c3)[C@@H](C1)C(=O)NC[C@H]1O[C@@H](CC(=O)N2)[C@H](O)[C@@H]1O. The number of carbonyl (C=O) groups is 3. The van der Waals surface area contributed by atoms with Crippen molar-refractivity contribution in [2.75, 3.05) is 39.3 Å². The lowest BCUT2D eigenvalue weighted by molar-refractivity contribution is -0.140. The third kappa shape index (κ3) is 5.96. The zero-order valence-corrected chi connectivity index (χ0v) is 23.5. The Morgan fingerprint density at radius 2 is 1.83 bits per heavy atom. The van der Waals surface area contributed by atoms with Crippen molar-refractivity contribution in [3.63, 3.8) is 0 Å². The first-order chi connectivity index (χ1) is 19.5. The first-order valence-electron chi connectivity index (χ1n) is 13.9. The number of rotatable bonds is 4. The lowest BCUT2D eigenvalue weighted by atomic mass is 10.0. The Hall–Kier alpha value is -2.69. The third-order valence-electron chi connectivity index (χ3n) is 8.24. The molecule has 0 saturated carbocycles. The van der Waals surface area contributed by atoms with E-state index in [-0.39, 0.29) is 55.4 Å². The van der Waals surface area contributed by atoms with Crippen LogP contribution in [0, 0.1) is 5.82 Å². The van der Waals surface area contributed by atoms with Gasteiger partial charge in [-0.15, -0.1) is 0 Å². The maximum Gasteiger partial charge on any atom is 0.244 e. The molecular formula is C26H36FN5O8S. The number of aliphatic hydroxyl groups is 2. The van der Waals surface area contributed by atoms with E-state index in [2.05, 4.69) is 10.6 Å². The number of benzene rings is 1. The number of fused-ring (bicyclic) bond motifs is 6. The van der Waals surface area contributed by atoms with E-state index >= 15 is 0 Å². The molecule has 5 rings (SSSR count). The maximum atomic E-state index is 13.9. The fraction of sp³-hybridized carbons (Fsp3) is 0.654. The summed E-state index contributed by atoms with van der Waals surface area (Å²) in [6.45, 7) is 2.29. The van der Waals surface area contributed by atoms with Gasteiger partial charge in [0.1, 0.15) is 30.2 Å². The molecule has 4 fully saturated rings. The highest BCUT2D eigenvalue weighted by Crippen LogP contribution is 2.28. The summed E-state index contributed by atoms with van der Waals surface area (Å²) in [5.41, 5.74) is 0. The minimum absolute atomic E-state index is 0.0168. The topological polar surface area (TPSA) is 169 Å². The normalized spacial score (nSPS) is 34.0. The Morgan fingerprint density at radius 1 is 1.07 bits per heavy atom. The molecule has 0 aliphatic carbocycles. The van der Waals surface area contributed by atoms with Crippen LogP contribution in [0.1, 0.15) is 26.2 Å². The predicted octanol–water partition coefficient (Wildman–Crippen LogP) is -1.99. The number of hydrogen-bond acceptors (Lipinski definition) is 9. The number of halogens is 1. The van der Waals surface area contributed by atoms with Crippen molar-refractivity contribution in [1.82, 2.24) is 24.7 Å². The third-order valence-corrected chi connectivity index (χ3v) is 10.1. The zero-order chi connectivity index (χ0) is 29.5. The first-order valence-corrected chi connectivity index (χ1v) is 15.3. The highest BCUT2D eigenvalue weighted by Gasteiger charge is 2.47. The molecule has 1 aromatic rings. The number of nitrogens with zero attached hydrogens (tertiary/aromatic N) is 3. The molecule has 226 valence electrons. The van der Waals surface area contributed by atoms with Crippen molar-refractivity contribution in [2.45, 2.75) is 73.6 Å². The number of hydrogen-bond donors (Lipinski definition) is 4. The number of likely N-dealkylation sites (tertiary alicyclic amines) is 1. The molecule has 4 heterocycles. The van der Waals surface area contributed by atoms with Gasteiger partial charge in [-0.1, -0.05) is 13.0 Å². The monoisotopic (exact) mass is 597 g/mol. The number of piperazine rings is 1. The molecule has 13 nitrogen and oxygen atoms in total. The molecule has 4 aliphatic rings. The Balaban J connectivity index is 1.47. The Bertz CT molecular complexity index is 1280. The van der Waals surface area contributed by atoms with E-state index in [0.29, 0.717) is 19.5 Å². The van der Waals surface area contributed by atoms with Gasteiger partial charge in [0.2, 0.25) is 27.7 Å². The number of nitrogens with one attached hydrogen (secondary N) is 2. The molecule has 4 N–H and O–H groups in total. The summed E-state index contributed by atoms with van der Waals surface area (Å²) in [7, 11) is -4.33. The summed E-state index contributed by atoms with van der Waals surface area (Å²) < 4.78 is 47.8. The maximum absolute atomic E-state index is 13.9. The zero-order valence-electron chi connectivity index (χ0n) is 22.7. The van der Waals surface area contributed by atoms with E-state index in [1.54, 1.807) is 0 Å². The minimum Gasteiger partial charge on any atom is -0.388 e. The molecule has 15 heteroatoms. The van der Waals surface area contributed by atoms with Crippen molar-refractivity contribution in [1.29, 1.82) is 0 Å². The molecule has 0 unspecified atom stereocenters. The quantitative estimate of drug-likeness (QED) is 0.307. The fourth-order valence-corrected chi connectivity index (χ4v) is 7.79. The van der Waals surface area contributed by atoms with Crippen LogP contribution in [0.5, 0.6) is 0 Å². The summed E-state index contributed by atoms with van der Waals surface area (Å²) in [6, 6.07) is 2.22. The summed E-state index contributed by atoms with van der Waals surface area (Å²) in [6.07, 6.45) is -3.97. The molecule has 0 radical (unpaired) electrons. The summed E-state index contributed by atoms with van der Waals surface area (Å²) in [5.74, 6) is -2.14. The summed E-state index contributed by atoms with van der Waals surface area (Å²) in [4.78, 5) is 43.2.